The van der Waals surface area contributed by atoms with Crippen LogP contribution in [0, 0.1) is 11.8 Å². The Morgan fingerprint density at radius 2 is 1.72 bits per heavy atom. The van der Waals surface area contributed by atoms with E-state index in [1.54, 1.807) is 30.3 Å². The zero-order chi connectivity index (χ0) is 42.0. The van der Waals surface area contributed by atoms with Crippen molar-refractivity contribution in [1.82, 2.24) is 35.7 Å². The molecule has 0 aliphatic carbocycles. The lowest BCUT2D eigenvalue weighted by atomic mass is 9.89. The first kappa shape index (κ1) is 41.7. The maximum absolute atomic E-state index is 12.9. The largest absolute Gasteiger partial charge is 0.366 e. The molecule has 2 fully saturated rings. The molecule has 0 bridgehead atoms. The number of hydrogen-bond donors (Lipinski definition) is 6. The van der Waals surface area contributed by atoms with Gasteiger partial charge in [-0.1, -0.05) is 47.7 Å². The van der Waals surface area contributed by atoms with Gasteiger partial charge in [0.1, 0.15) is 11.1 Å². The topological polar surface area (TPSA) is 204 Å². The Labute approximate surface area is 353 Å². The van der Waals surface area contributed by atoms with E-state index in [4.69, 9.17) is 17.3 Å². The molecule has 15 nitrogen and oxygen atoms in total. The molecule has 4 aromatic rings. The van der Waals surface area contributed by atoms with Crippen molar-refractivity contribution in [2.45, 2.75) is 63.5 Å². The Hall–Kier alpha value is -6.50. The quantitative estimate of drug-likeness (QED) is 0.0559. The van der Waals surface area contributed by atoms with Gasteiger partial charge in [-0.2, -0.15) is 4.98 Å². The molecule has 3 aliphatic rings. The molecule has 4 heterocycles. The number of hydrogen-bond acceptors (Lipinski definition) is 10. The van der Waals surface area contributed by atoms with Gasteiger partial charge in [-0.15, -0.1) is 0 Å². The molecule has 7 rings (SSSR count). The number of carbonyl (C=O) groups is 5. The Balaban J connectivity index is 0.757. The van der Waals surface area contributed by atoms with Crippen molar-refractivity contribution in [3.8, 4) is 11.8 Å². The number of para-hydroxylation sites is 1. The number of anilines is 4. The number of likely N-dealkylation sites (tertiary alicyclic amines) is 1. The van der Waals surface area contributed by atoms with Crippen molar-refractivity contribution in [2.75, 3.05) is 43.4 Å². The minimum atomic E-state index is -0.631. The minimum Gasteiger partial charge on any atom is -0.366 e. The molecule has 6 amide bonds. The van der Waals surface area contributed by atoms with Crippen molar-refractivity contribution < 1.29 is 24.0 Å². The highest BCUT2D eigenvalue weighted by atomic mass is 35.5. The number of nitrogens with one attached hydrogen (secondary N) is 5. The fraction of sp³-hybridized carbons (Fsp3) is 0.341. The summed E-state index contributed by atoms with van der Waals surface area (Å²) in [5.41, 5.74) is 10.6. The number of fused-ring (bicyclic) bond motifs is 1. The second-order valence-electron chi connectivity index (χ2n) is 14.9. The van der Waals surface area contributed by atoms with Crippen molar-refractivity contribution >= 4 is 64.4 Å². The zero-order valence-corrected chi connectivity index (χ0v) is 33.8. The van der Waals surface area contributed by atoms with Crippen LogP contribution < -0.4 is 32.3 Å². The summed E-state index contributed by atoms with van der Waals surface area (Å²) in [6, 6.07) is 19.8. The minimum absolute atomic E-state index is 0.0224. The fourth-order valence-electron chi connectivity index (χ4n) is 7.61. The maximum atomic E-state index is 12.9. The van der Waals surface area contributed by atoms with E-state index in [2.05, 4.69) is 60.5 Å². The van der Waals surface area contributed by atoms with E-state index < -0.39 is 17.9 Å². The highest BCUT2D eigenvalue weighted by molar-refractivity contribution is 6.33. The Bertz CT molecular complexity index is 2320. The molecule has 310 valence electrons. The van der Waals surface area contributed by atoms with E-state index in [1.165, 1.54) is 16.7 Å². The molecule has 0 spiro atoms. The van der Waals surface area contributed by atoms with Gasteiger partial charge in [-0.3, -0.25) is 24.5 Å². The van der Waals surface area contributed by atoms with Crippen LogP contribution in [0.4, 0.5) is 27.9 Å². The van der Waals surface area contributed by atoms with E-state index >= 15 is 0 Å². The van der Waals surface area contributed by atoms with Crippen LogP contribution in [0.15, 0.2) is 72.9 Å². The third-order valence-electron chi connectivity index (χ3n) is 10.8. The van der Waals surface area contributed by atoms with Crippen LogP contribution >= 0.6 is 11.6 Å². The lowest BCUT2D eigenvalue weighted by Crippen LogP contribution is -2.52. The number of benzene rings is 3. The van der Waals surface area contributed by atoms with Crippen molar-refractivity contribution in [1.29, 1.82) is 0 Å². The number of halogens is 1. The number of imide groups is 1. The molecule has 7 N–H and O–H groups in total. The van der Waals surface area contributed by atoms with Crippen molar-refractivity contribution in [2.24, 2.45) is 5.73 Å². The maximum Gasteiger partial charge on any atom is 0.317 e. The standard InChI is InChI=1S/C44H47ClN10O5/c45-35-26-49-43(53-40(35)51-36-9-2-1-8-34(36)39(46)57)50-32-13-11-29(12-14-32)30-18-23-54(24-19-30)44(60)48-22-6-5-21-47-20-4-3-7-28-10-15-33-31(25-28)27-55(42(33)59)37-16-17-38(56)52-41(37)58/h1-2,8-15,25-26,30,37,47H,4-6,16-24,27H2,(H2,46,57)(H,48,60)(H,52,56,58)(H2,49,50,51,53). The molecule has 1 unspecified atom stereocenters. The lowest BCUT2D eigenvalue weighted by Gasteiger charge is -2.32. The fourth-order valence-corrected chi connectivity index (χ4v) is 7.75. The summed E-state index contributed by atoms with van der Waals surface area (Å²) in [6.07, 6.45) is 6.27. The SMILES string of the molecule is NC(=O)c1ccccc1Nc1nc(Nc2ccc(C3CCN(C(=O)NCCCCNCCC#Cc4ccc5c(c4)CN(C4CCC(=O)NC4=O)C5=O)CC3)cc2)ncc1Cl. The summed E-state index contributed by atoms with van der Waals surface area (Å²) in [5, 5.41) is 15.4. The Morgan fingerprint density at radius 1 is 0.933 bits per heavy atom. The average Bonchev–Trinajstić information content (AvgIpc) is 3.57. The Kier molecular flexibility index (Phi) is 13.5. The van der Waals surface area contributed by atoms with Gasteiger partial charge in [-0.25, -0.2) is 9.78 Å². The van der Waals surface area contributed by atoms with E-state index in [0.29, 0.717) is 78.5 Å². The van der Waals surface area contributed by atoms with Crippen molar-refractivity contribution in [3.63, 3.8) is 0 Å². The number of amides is 6. The second-order valence-corrected chi connectivity index (χ2v) is 15.4. The molecule has 0 saturated carbocycles. The van der Waals surface area contributed by atoms with E-state index in [9.17, 15) is 24.0 Å². The molecule has 1 aromatic heterocycles. The first-order valence-corrected chi connectivity index (χ1v) is 20.6. The summed E-state index contributed by atoms with van der Waals surface area (Å²) in [4.78, 5) is 73.6. The number of unbranched alkanes of at least 4 members (excludes halogenated alkanes) is 1. The molecular formula is C44H47ClN10O5. The van der Waals surface area contributed by atoms with Gasteiger partial charge in [0, 0.05) is 62.4 Å². The molecule has 16 heteroatoms. The van der Waals surface area contributed by atoms with Gasteiger partial charge >= 0.3 is 6.03 Å². The highest BCUT2D eigenvalue weighted by Gasteiger charge is 2.39. The van der Waals surface area contributed by atoms with Gasteiger partial charge in [-0.05, 0) is 98.2 Å². The van der Waals surface area contributed by atoms with Gasteiger partial charge in [0.05, 0.1) is 17.4 Å². The van der Waals surface area contributed by atoms with E-state index in [1.807, 2.05) is 29.2 Å². The van der Waals surface area contributed by atoms with Crippen LogP contribution in [0.5, 0.6) is 0 Å². The number of piperidine rings is 2. The molecule has 0 radical (unpaired) electrons. The molecule has 1 atom stereocenters. The number of aromatic nitrogens is 2. The predicted molar refractivity (Wildman–Crippen MR) is 228 cm³/mol. The van der Waals surface area contributed by atoms with Gasteiger partial charge in [0.25, 0.3) is 11.8 Å². The third kappa shape index (κ3) is 10.4. The van der Waals surface area contributed by atoms with Crippen LogP contribution in [0.3, 0.4) is 0 Å². The van der Waals surface area contributed by atoms with Gasteiger partial charge in [0.15, 0.2) is 5.82 Å². The molecule has 3 aliphatic heterocycles. The monoisotopic (exact) mass is 830 g/mol. The van der Waals surface area contributed by atoms with E-state index in [0.717, 1.165) is 55.6 Å². The number of nitrogens with zero attached hydrogens (tertiary/aromatic N) is 4. The Morgan fingerprint density at radius 3 is 2.50 bits per heavy atom. The van der Waals surface area contributed by atoms with Gasteiger partial charge in [0.2, 0.25) is 17.8 Å². The average molecular weight is 831 g/mol. The summed E-state index contributed by atoms with van der Waals surface area (Å²) in [5.74, 6) is 5.89. The molecule has 60 heavy (non-hydrogen) atoms. The van der Waals surface area contributed by atoms with Crippen LogP contribution in [0.2, 0.25) is 5.02 Å². The first-order valence-electron chi connectivity index (χ1n) is 20.2. The van der Waals surface area contributed by atoms with Crippen LogP contribution in [-0.4, -0.2) is 88.2 Å². The zero-order valence-electron chi connectivity index (χ0n) is 33.1. The summed E-state index contributed by atoms with van der Waals surface area (Å²) < 4.78 is 0. The number of primary amides is 1. The number of urea groups is 1. The van der Waals surface area contributed by atoms with Crippen LogP contribution in [0.25, 0.3) is 0 Å². The first-order chi connectivity index (χ1) is 29.1. The van der Waals surface area contributed by atoms with E-state index in [-0.39, 0.29) is 24.3 Å². The lowest BCUT2D eigenvalue weighted by molar-refractivity contribution is -0.136. The number of rotatable bonds is 14. The number of nitrogens with two attached hydrogens (primary N) is 1. The molecular weight excluding hydrogens is 784 g/mol. The highest BCUT2D eigenvalue weighted by Crippen LogP contribution is 2.31. The van der Waals surface area contributed by atoms with Crippen molar-refractivity contribution in [3.05, 3.63) is 106 Å². The summed E-state index contributed by atoms with van der Waals surface area (Å²) in [7, 11) is 0. The summed E-state index contributed by atoms with van der Waals surface area (Å²) in [6.45, 7) is 3.90. The van der Waals surface area contributed by atoms with Gasteiger partial charge < -0.3 is 36.8 Å². The third-order valence-corrected chi connectivity index (χ3v) is 11.1. The molecule has 3 aromatic carbocycles. The normalized spacial score (nSPS) is 16.4. The second kappa shape index (κ2) is 19.5. The predicted octanol–water partition coefficient (Wildman–Crippen LogP) is 5.18. The smallest absolute Gasteiger partial charge is 0.317 e. The molecule has 2 saturated heterocycles. The number of carbonyl (C=O) groups excluding carboxylic acids is 5. The van der Waals surface area contributed by atoms with Crippen LogP contribution in [0.1, 0.15) is 88.3 Å². The van der Waals surface area contributed by atoms with Crippen LogP contribution in [-0.2, 0) is 16.1 Å². The summed E-state index contributed by atoms with van der Waals surface area (Å²) >= 11 is 6.34.